The highest BCUT2D eigenvalue weighted by Gasteiger charge is 2.42. The van der Waals surface area contributed by atoms with Crippen LogP contribution in [0.1, 0.15) is 30.0 Å². The lowest BCUT2D eigenvalue weighted by atomic mass is 9.95. The molecule has 3 heterocycles. The van der Waals surface area contributed by atoms with Crippen molar-refractivity contribution in [3.05, 3.63) is 62.0 Å². The van der Waals surface area contributed by atoms with E-state index in [1.54, 1.807) is 30.5 Å². The number of benzene rings is 1. The zero-order valence-electron chi connectivity index (χ0n) is 12.7. The zero-order valence-corrected chi connectivity index (χ0v) is 14.2. The van der Waals surface area contributed by atoms with Gasteiger partial charge in [-0.1, -0.05) is 23.2 Å². The number of halogens is 2. The Bertz CT molecular complexity index is 880. The Morgan fingerprint density at radius 1 is 1.21 bits per heavy atom. The number of aromatic amines is 1. The number of nitrogens with one attached hydrogen (secondary N) is 2. The molecule has 2 aromatic rings. The van der Waals surface area contributed by atoms with Crippen LogP contribution >= 0.6 is 23.2 Å². The summed E-state index contributed by atoms with van der Waals surface area (Å²) in [5.74, 6) is 0. The van der Waals surface area contributed by atoms with Gasteiger partial charge in [0.1, 0.15) is 0 Å². The van der Waals surface area contributed by atoms with E-state index in [9.17, 15) is 9.59 Å². The monoisotopic (exact) mass is 363 g/mol. The van der Waals surface area contributed by atoms with E-state index < -0.39 is 0 Å². The zero-order chi connectivity index (χ0) is 16.8. The Hall–Kier alpha value is -1.98. The summed E-state index contributed by atoms with van der Waals surface area (Å²) in [5.41, 5.74) is 2.60. The van der Waals surface area contributed by atoms with Crippen molar-refractivity contribution in [3.8, 4) is 0 Å². The molecule has 1 aromatic heterocycles. The minimum Gasteiger partial charge on any atom is -0.329 e. The third-order valence-corrected chi connectivity index (χ3v) is 5.51. The maximum Gasteiger partial charge on any atom is 0.322 e. The smallest absolute Gasteiger partial charge is 0.322 e. The van der Waals surface area contributed by atoms with Gasteiger partial charge < -0.3 is 15.2 Å². The first kappa shape index (κ1) is 15.5. The van der Waals surface area contributed by atoms with Crippen LogP contribution in [-0.2, 0) is 6.42 Å². The van der Waals surface area contributed by atoms with Crippen LogP contribution in [0.25, 0.3) is 0 Å². The van der Waals surface area contributed by atoms with Crippen LogP contribution in [0.3, 0.4) is 0 Å². The van der Waals surface area contributed by atoms with Crippen LogP contribution in [0.2, 0.25) is 10.0 Å². The molecule has 2 aliphatic heterocycles. The number of anilines is 1. The van der Waals surface area contributed by atoms with Crippen LogP contribution < -0.4 is 10.9 Å². The van der Waals surface area contributed by atoms with Gasteiger partial charge in [0.2, 0.25) is 5.56 Å². The second-order valence-electron chi connectivity index (χ2n) is 6.20. The molecule has 0 spiro atoms. The van der Waals surface area contributed by atoms with Gasteiger partial charge in [-0.25, -0.2) is 4.79 Å². The van der Waals surface area contributed by atoms with Gasteiger partial charge >= 0.3 is 6.03 Å². The first-order valence-corrected chi connectivity index (χ1v) is 8.54. The van der Waals surface area contributed by atoms with Gasteiger partial charge in [0, 0.05) is 24.0 Å². The second-order valence-corrected chi connectivity index (χ2v) is 7.01. The van der Waals surface area contributed by atoms with E-state index in [1.165, 1.54) is 0 Å². The molecule has 0 aliphatic carbocycles. The number of pyridine rings is 1. The van der Waals surface area contributed by atoms with E-state index in [1.807, 2.05) is 4.90 Å². The Labute approximate surface area is 148 Å². The molecule has 7 heteroatoms. The molecule has 2 bridgehead atoms. The molecule has 124 valence electrons. The maximum absolute atomic E-state index is 12.8. The Balaban J connectivity index is 1.60. The summed E-state index contributed by atoms with van der Waals surface area (Å²) in [7, 11) is 0. The van der Waals surface area contributed by atoms with Crippen LogP contribution in [0, 0.1) is 0 Å². The molecule has 2 amide bonds. The quantitative estimate of drug-likeness (QED) is 0.804. The third-order valence-electron chi connectivity index (χ3n) is 4.77. The summed E-state index contributed by atoms with van der Waals surface area (Å²) in [6.07, 6.45) is 4.29. The molecular formula is C17H15Cl2N3O2. The standard InChI is InChI=1S/C17H15Cl2N3O2/c18-13-3-1-10(7-14(13)19)21-17(24)22-11-2-4-15(22)12-8-20-16(23)6-9(12)5-11/h1,3,6-8,11,15H,2,4-5H2,(H,20,23)(H,21,24)/t11-,15+/m1/s1. The molecule has 0 radical (unpaired) electrons. The summed E-state index contributed by atoms with van der Waals surface area (Å²) in [6, 6.07) is 6.63. The molecule has 24 heavy (non-hydrogen) atoms. The summed E-state index contributed by atoms with van der Waals surface area (Å²) in [5, 5.41) is 3.75. The van der Waals surface area contributed by atoms with Crippen molar-refractivity contribution < 1.29 is 4.79 Å². The molecule has 4 rings (SSSR count). The predicted octanol–water partition coefficient (Wildman–Crippen LogP) is 3.98. The number of hydrogen-bond donors (Lipinski definition) is 2. The molecule has 1 fully saturated rings. The second kappa shape index (κ2) is 5.83. The van der Waals surface area contributed by atoms with Crippen molar-refractivity contribution in [3.63, 3.8) is 0 Å². The molecule has 1 aromatic carbocycles. The molecule has 2 aliphatic rings. The number of hydrogen-bond acceptors (Lipinski definition) is 2. The van der Waals surface area contributed by atoms with E-state index in [0.717, 1.165) is 24.0 Å². The average Bonchev–Trinajstić information content (AvgIpc) is 2.86. The third kappa shape index (κ3) is 2.58. The van der Waals surface area contributed by atoms with Crippen LogP contribution in [0.15, 0.2) is 35.3 Å². The van der Waals surface area contributed by atoms with Crippen molar-refractivity contribution >= 4 is 34.9 Å². The number of carbonyl (C=O) groups is 1. The minimum absolute atomic E-state index is 0.00151. The van der Waals surface area contributed by atoms with Gasteiger partial charge in [-0.2, -0.15) is 0 Å². The van der Waals surface area contributed by atoms with E-state index in [2.05, 4.69) is 10.3 Å². The molecule has 0 unspecified atom stereocenters. The highest BCUT2D eigenvalue weighted by molar-refractivity contribution is 6.42. The Morgan fingerprint density at radius 3 is 2.83 bits per heavy atom. The summed E-state index contributed by atoms with van der Waals surface area (Å²) in [4.78, 5) is 28.9. The van der Waals surface area contributed by atoms with E-state index >= 15 is 0 Å². The number of carbonyl (C=O) groups excluding carboxylic acids is 1. The van der Waals surface area contributed by atoms with Gasteiger partial charge in [0.25, 0.3) is 0 Å². The minimum atomic E-state index is -0.155. The van der Waals surface area contributed by atoms with Crippen molar-refractivity contribution in [2.45, 2.75) is 31.3 Å². The van der Waals surface area contributed by atoms with Crippen LogP contribution in [-0.4, -0.2) is 22.0 Å². The van der Waals surface area contributed by atoms with Crippen molar-refractivity contribution in [2.24, 2.45) is 0 Å². The Kier molecular flexibility index (Phi) is 3.77. The molecule has 2 N–H and O–H groups in total. The van der Waals surface area contributed by atoms with Crippen molar-refractivity contribution in [1.82, 2.24) is 9.88 Å². The highest BCUT2D eigenvalue weighted by Crippen LogP contribution is 2.43. The average molecular weight is 364 g/mol. The van der Waals surface area contributed by atoms with E-state index in [4.69, 9.17) is 23.2 Å². The Morgan fingerprint density at radius 2 is 2.04 bits per heavy atom. The van der Waals surface area contributed by atoms with Crippen LogP contribution in [0.4, 0.5) is 10.5 Å². The lowest BCUT2D eigenvalue weighted by molar-refractivity contribution is 0.179. The lowest BCUT2D eigenvalue weighted by Crippen LogP contribution is -2.44. The number of aromatic nitrogens is 1. The van der Waals surface area contributed by atoms with Crippen LogP contribution in [0.5, 0.6) is 0 Å². The SMILES string of the molecule is O=C(Nc1ccc(Cl)c(Cl)c1)N1[C@@H]2CC[C@H]1c1c[nH]c(=O)cc1C2. The van der Waals surface area contributed by atoms with Gasteiger partial charge in [0.15, 0.2) is 0 Å². The molecule has 0 saturated carbocycles. The number of H-pyrrole nitrogens is 1. The first-order valence-electron chi connectivity index (χ1n) is 7.79. The lowest BCUT2D eigenvalue weighted by Gasteiger charge is -2.36. The highest BCUT2D eigenvalue weighted by atomic mass is 35.5. The molecular weight excluding hydrogens is 349 g/mol. The number of fused-ring (bicyclic) bond motifs is 4. The number of nitrogens with zero attached hydrogens (tertiary/aromatic N) is 1. The fraction of sp³-hybridized carbons (Fsp3) is 0.294. The van der Waals surface area contributed by atoms with Gasteiger partial charge in [-0.15, -0.1) is 0 Å². The van der Waals surface area contributed by atoms with E-state index in [-0.39, 0.29) is 23.7 Å². The predicted molar refractivity (Wildman–Crippen MR) is 93.8 cm³/mol. The van der Waals surface area contributed by atoms with E-state index in [0.29, 0.717) is 22.2 Å². The fourth-order valence-electron chi connectivity index (χ4n) is 3.72. The number of rotatable bonds is 1. The number of urea groups is 1. The normalized spacial score (nSPS) is 21.5. The van der Waals surface area contributed by atoms with Crippen molar-refractivity contribution in [2.75, 3.05) is 5.32 Å². The molecule has 5 nitrogen and oxygen atoms in total. The molecule has 2 atom stereocenters. The summed E-state index contributed by atoms with van der Waals surface area (Å²) in [6.45, 7) is 0. The van der Waals surface area contributed by atoms with Crippen molar-refractivity contribution in [1.29, 1.82) is 0 Å². The fourth-order valence-corrected chi connectivity index (χ4v) is 4.02. The number of amides is 2. The molecule has 1 saturated heterocycles. The topological polar surface area (TPSA) is 65.2 Å². The summed E-state index contributed by atoms with van der Waals surface area (Å²) < 4.78 is 0. The first-order chi connectivity index (χ1) is 11.5. The van der Waals surface area contributed by atoms with Gasteiger partial charge in [0.05, 0.1) is 16.1 Å². The van der Waals surface area contributed by atoms with Gasteiger partial charge in [-0.3, -0.25) is 4.79 Å². The maximum atomic E-state index is 12.8. The van der Waals surface area contributed by atoms with Gasteiger partial charge in [-0.05, 0) is 48.6 Å². The largest absolute Gasteiger partial charge is 0.329 e. The summed E-state index contributed by atoms with van der Waals surface area (Å²) >= 11 is 11.9.